The molecule has 8 rings (SSSR count). The van der Waals surface area contributed by atoms with E-state index in [1.807, 2.05) is 0 Å². The number of para-hydroxylation sites is 2. The zero-order valence-corrected chi connectivity index (χ0v) is 24.2. The molecule has 0 aliphatic heterocycles. The Hall–Kier alpha value is -5.86. The molecule has 0 unspecified atom stereocenters. The molecule has 0 saturated heterocycles. The van der Waals surface area contributed by atoms with Crippen LogP contribution in [0.5, 0.6) is 0 Å². The van der Waals surface area contributed by atoms with Gasteiger partial charge in [-0.2, -0.15) is 0 Å². The summed E-state index contributed by atoms with van der Waals surface area (Å²) in [5.74, 6) is 0. The van der Waals surface area contributed by atoms with Crippen molar-refractivity contribution in [2.24, 2.45) is 0 Å². The van der Waals surface area contributed by atoms with Gasteiger partial charge in [0, 0.05) is 27.8 Å². The topological polar surface area (TPSA) is 8.17 Å². The summed E-state index contributed by atoms with van der Waals surface area (Å²) in [6, 6.07) is 65.0. The van der Waals surface area contributed by atoms with Crippen LogP contribution in [0.3, 0.4) is 0 Å². The first-order valence-corrected chi connectivity index (χ1v) is 15.0. The van der Waals surface area contributed by atoms with Crippen LogP contribution >= 0.6 is 0 Å². The molecule has 0 saturated carbocycles. The van der Waals surface area contributed by atoms with E-state index in [9.17, 15) is 0 Å². The lowest BCUT2D eigenvalue weighted by Gasteiger charge is -2.26. The summed E-state index contributed by atoms with van der Waals surface area (Å²) in [6.07, 6.45) is 0. The maximum Gasteiger partial charge on any atom is 0.0562 e. The normalized spacial score (nSPS) is 11.2. The maximum absolute atomic E-state index is 2.41. The monoisotopic (exact) mass is 562 g/mol. The number of nitrogens with zero attached hydrogens (tertiary/aromatic N) is 2. The van der Waals surface area contributed by atoms with Crippen LogP contribution in [-0.4, -0.2) is 4.57 Å². The lowest BCUT2D eigenvalue weighted by Crippen LogP contribution is -2.10. The highest BCUT2D eigenvalue weighted by atomic mass is 15.1. The van der Waals surface area contributed by atoms with Crippen molar-refractivity contribution in [3.05, 3.63) is 182 Å². The summed E-state index contributed by atoms with van der Waals surface area (Å²) in [4.78, 5) is 2.39. The number of aromatic nitrogens is 1. The maximum atomic E-state index is 2.41. The van der Waals surface area contributed by atoms with Gasteiger partial charge in [-0.05, 0) is 76.9 Å². The summed E-state index contributed by atoms with van der Waals surface area (Å²) in [5, 5.41) is 2.45. The van der Waals surface area contributed by atoms with Crippen molar-refractivity contribution >= 4 is 38.9 Å². The predicted molar refractivity (Wildman–Crippen MR) is 186 cm³/mol. The third-order valence-corrected chi connectivity index (χ3v) is 8.38. The first-order chi connectivity index (χ1) is 21.8. The van der Waals surface area contributed by atoms with E-state index in [-0.39, 0.29) is 0 Å². The van der Waals surface area contributed by atoms with Gasteiger partial charge in [-0.1, -0.05) is 127 Å². The second-order valence-corrected chi connectivity index (χ2v) is 11.0. The quantitative estimate of drug-likeness (QED) is 0.196. The molecule has 8 aromatic rings. The van der Waals surface area contributed by atoms with Crippen LogP contribution in [0.1, 0.15) is 0 Å². The molecule has 0 aliphatic rings. The molecular formula is C42H30N2. The Morgan fingerprint density at radius 1 is 0.364 bits per heavy atom. The predicted octanol–water partition coefficient (Wildman–Crippen LogP) is 11.6. The fraction of sp³-hybridized carbons (Fsp3) is 0. The van der Waals surface area contributed by atoms with Gasteiger partial charge in [-0.3, -0.25) is 0 Å². The molecular weight excluding hydrogens is 532 g/mol. The SMILES string of the molecule is c1ccc(-c2ccc(N(c3ccccc3)c3cccc4c3c3ccc(-c5ccccc5)cc3n4-c3ccccc3)cc2)cc1. The number of hydrogen-bond donors (Lipinski definition) is 0. The summed E-state index contributed by atoms with van der Waals surface area (Å²) in [7, 11) is 0. The van der Waals surface area contributed by atoms with Gasteiger partial charge in [0.1, 0.15) is 0 Å². The lowest BCUT2D eigenvalue weighted by molar-refractivity contribution is 1.18. The molecule has 44 heavy (non-hydrogen) atoms. The molecule has 208 valence electrons. The largest absolute Gasteiger partial charge is 0.310 e. The molecule has 0 bridgehead atoms. The van der Waals surface area contributed by atoms with E-state index in [1.165, 1.54) is 44.1 Å². The lowest BCUT2D eigenvalue weighted by atomic mass is 10.0. The van der Waals surface area contributed by atoms with E-state index in [2.05, 4.69) is 191 Å². The molecule has 0 fully saturated rings. The van der Waals surface area contributed by atoms with Crippen molar-refractivity contribution in [1.29, 1.82) is 0 Å². The Bertz CT molecular complexity index is 2180. The molecule has 0 aliphatic carbocycles. The third-order valence-electron chi connectivity index (χ3n) is 8.38. The van der Waals surface area contributed by atoms with Gasteiger partial charge in [0.05, 0.1) is 16.7 Å². The van der Waals surface area contributed by atoms with Crippen molar-refractivity contribution in [3.63, 3.8) is 0 Å². The second kappa shape index (κ2) is 11.1. The van der Waals surface area contributed by atoms with Gasteiger partial charge in [-0.15, -0.1) is 0 Å². The number of fused-ring (bicyclic) bond motifs is 3. The number of anilines is 3. The van der Waals surface area contributed by atoms with Gasteiger partial charge in [0.25, 0.3) is 0 Å². The van der Waals surface area contributed by atoms with E-state index in [0.29, 0.717) is 0 Å². The molecule has 0 spiro atoms. The summed E-state index contributed by atoms with van der Waals surface area (Å²) < 4.78 is 2.41. The first kappa shape index (κ1) is 25.8. The van der Waals surface area contributed by atoms with E-state index in [0.717, 1.165) is 22.7 Å². The average molecular weight is 563 g/mol. The summed E-state index contributed by atoms with van der Waals surface area (Å²) >= 11 is 0. The number of rotatable bonds is 6. The van der Waals surface area contributed by atoms with Gasteiger partial charge < -0.3 is 9.47 Å². The Morgan fingerprint density at radius 2 is 0.886 bits per heavy atom. The number of benzene rings is 7. The van der Waals surface area contributed by atoms with Crippen molar-refractivity contribution in [2.45, 2.75) is 0 Å². The Kier molecular flexibility index (Phi) is 6.51. The smallest absolute Gasteiger partial charge is 0.0562 e. The molecule has 1 heterocycles. The minimum absolute atomic E-state index is 1.12. The highest BCUT2D eigenvalue weighted by molar-refractivity contribution is 6.17. The Labute approximate surface area is 257 Å². The summed E-state index contributed by atoms with van der Waals surface area (Å²) in [5.41, 5.74) is 11.7. The van der Waals surface area contributed by atoms with Crippen LogP contribution in [-0.2, 0) is 0 Å². The van der Waals surface area contributed by atoms with Gasteiger partial charge in [0.2, 0.25) is 0 Å². The van der Waals surface area contributed by atoms with Gasteiger partial charge >= 0.3 is 0 Å². The molecule has 0 atom stereocenters. The molecule has 0 N–H and O–H groups in total. The molecule has 7 aromatic carbocycles. The summed E-state index contributed by atoms with van der Waals surface area (Å²) in [6.45, 7) is 0. The van der Waals surface area contributed by atoms with Crippen LogP contribution in [0.4, 0.5) is 17.1 Å². The molecule has 2 nitrogen and oxygen atoms in total. The Morgan fingerprint density at radius 3 is 1.55 bits per heavy atom. The van der Waals surface area contributed by atoms with Crippen molar-refractivity contribution in [2.75, 3.05) is 4.90 Å². The first-order valence-electron chi connectivity index (χ1n) is 15.0. The zero-order valence-electron chi connectivity index (χ0n) is 24.2. The van der Waals surface area contributed by atoms with Crippen LogP contribution in [0.15, 0.2) is 182 Å². The number of hydrogen-bond acceptors (Lipinski definition) is 1. The third kappa shape index (κ3) is 4.54. The second-order valence-electron chi connectivity index (χ2n) is 11.0. The van der Waals surface area contributed by atoms with Gasteiger partial charge in [0.15, 0.2) is 0 Å². The molecule has 0 radical (unpaired) electrons. The van der Waals surface area contributed by atoms with Crippen LogP contribution in [0.25, 0.3) is 49.7 Å². The standard InChI is InChI=1S/C42H30N2/c1-5-14-31(15-6-1)33-24-27-37(28-25-33)43(35-18-9-3-10-19-35)39-22-13-23-40-42(39)38-29-26-34(32-16-7-2-8-17-32)30-41(38)44(40)36-20-11-4-12-21-36/h1-30H. The van der Waals surface area contributed by atoms with E-state index in [1.54, 1.807) is 0 Å². The van der Waals surface area contributed by atoms with E-state index < -0.39 is 0 Å². The highest BCUT2D eigenvalue weighted by Gasteiger charge is 2.21. The van der Waals surface area contributed by atoms with Crippen LogP contribution < -0.4 is 4.90 Å². The average Bonchev–Trinajstić information content (AvgIpc) is 3.45. The minimum Gasteiger partial charge on any atom is -0.310 e. The zero-order chi connectivity index (χ0) is 29.3. The fourth-order valence-corrected chi connectivity index (χ4v) is 6.34. The van der Waals surface area contributed by atoms with Crippen LogP contribution in [0.2, 0.25) is 0 Å². The minimum atomic E-state index is 1.12. The van der Waals surface area contributed by atoms with Crippen molar-refractivity contribution in [1.82, 2.24) is 4.57 Å². The van der Waals surface area contributed by atoms with Gasteiger partial charge in [-0.25, -0.2) is 0 Å². The van der Waals surface area contributed by atoms with Crippen molar-refractivity contribution in [3.8, 4) is 27.9 Å². The molecule has 2 heteroatoms. The Balaban J connectivity index is 1.39. The molecule has 0 amide bonds. The fourth-order valence-electron chi connectivity index (χ4n) is 6.34. The van der Waals surface area contributed by atoms with E-state index >= 15 is 0 Å². The van der Waals surface area contributed by atoms with Crippen molar-refractivity contribution < 1.29 is 0 Å². The van der Waals surface area contributed by atoms with Crippen LogP contribution in [0, 0.1) is 0 Å². The molecule has 1 aromatic heterocycles. The highest BCUT2D eigenvalue weighted by Crippen LogP contribution is 2.44. The van der Waals surface area contributed by atoms with E-state index in [4.69, 9.17) is 0 Å².